The smallest absolute Gasteiger partial charge is 0.251 e. The van der Waals surface area contributed by atoms with Crippen LogP contribution in [0, 0.1) is 11.7 Å². The minimum Gasteiger partial charge on any atom is -0.330 e. The summed E-state index contributed by atoms with van der Waals surface area (Å²) in [5.41, 5.74) is 6.35. The molecule has 22 heavy (non-hydrogen) atoms. The Bertz CT molecular complexity index is 713. The molecular weight excluding hydrogens is 281 g/mol. The normalized spacial score (nSPS) is 19.6. The molecule has 1 aromatic carbocycles. The van der Waals surface area contributed by atoms with Gasteiger partial charge in [-0.25, -0.2) is 4.39 Å². The van der Waals surface area contributed by atoms with Crippen molar-refractivity contribution >= 4 is 10.9 Å². The van der Waals surface area contributed by atoms with E-state index in [1.54, 1.807) is 22.8 Å². The second-order valence-electron chi connectivity index (χ2n) is 6.07. The zero-order valence-electron chi connectivity index (χ0n) is 12.7. The summed E-state index contributed by atoms with van der Waals surface area (Å²) < 4.78 is 15.2. The lowest BCUT2D eigenvalue weighted by Gasteiger charge is -2.32. The van der Waals surface area contributed by atoms with E-state index >= 15 is 0 Å². The Balaban J connectivity index is 1.80. The van der Waals surface area contributed by atoms with Gasteiger partial charge in [0.1, 0.15) is 5.82 Å². The van der Waals surface area contributed by atoms with E-state index in [0.717, 1.165) is 38.0 Å². The maximum absolute atomic E-state index is 13.5. The molecule has 0 bridgehead atoms. The van der Waals surface area contributed by atoms with Crippen LogP contribution in [0.3, 0.4) is 0 Å². The molecule has 0 saturated carbocycles. The first-order valence-corrected chi connectivity index (χ1v) is 7.89. The average molecular weight is 303 g/mol. The summed E-state index contributed by atoms with van der Waals surface area (Å²) in [5, 5.41) is 0.888. The van der Waals surface area contributed by atoms with Gasteiger partial charge in [-0.3, -0.25) is 4.79 Å². The summed E-state index contributed by atoms with van der Waals surface area (Å²) >= 11 is 0. The lowest BCUT2D eigenvalue weighted by Crippen LogP contribution is -2.40. The summed E-state index contributed by atoms with van der Waals surface area (Å²) in [6.45, 7) is 4.13. The molecule has 0 amide bonds. The molecule has 0 unspecified atom stereocenters. The van der Waals surface area contributed by atoms with Gasteiger partial charge < -0.3 is 15.2 Å². The number of hydrogen-bond acceptors (Lipinski definition) is 3. The molecule has 0 radical (unpaired) electrons. The van der Waals surface area contributed by atoms with Crippen molar-refractivity contribution in [2.75, 3.05) is 26.2 Å². The molecule has 118 valence electrons. The van der Waals surface area contributed by atoms with Gasteiger partial charge in [0.05, 0.1) is 5.52 Å². The molecule has 2 aromatic rings. The van der Waals surface area contributed by atoms with Crippen LogP contribution in [0.2, 0.25) is 0 Å². The van der Waals surface area contributed by atoms with Crippen LogP contribution in [0.15, 0.2) is 35.1 Å². The van der Waals surface area contributed by atoms with Crippen molar-refractivity contribution < 1.29 is 4.39 Å². The first kappa shape index (κ1) is 15.2. The number of pyridine rings is 1. The molecule has 1 aromatic heterocycles. The van der Waals surface area contributed by atoms with E-state index in [1.807, 2.05) is 0 Å². The van der Waals surface area contributed by atoms with E-state index in [0.29, 0.717) is 18.0 Å². The number of rotatable bonds is 4. The summed E-state index contributed by atoms with van der Waals surface area (Å²) in [5.74, 6) is 0.239. The maximum Gasteiger partial charge on any atom is 0.251 e. The third kappa shape index (κ3) is 3.20. The highest BCUT2D eigenvalue weighted by molar-refractivity contribution is 5.78. The first-order chi connectivity index (χ1) is 10.7. The van der Waals surface area contributed by atoms with Crippen LogP contribution in [0.5, 0.6) is 0 Å². The fourth-order valence-electron chi connectivity index (χ4n) is 3.28. The number of piperidine rings is 1. The van der Waals surface area contributed by atoms with Gasteiger partial charge in [0, 0.05) is 25.7 Å². The molecule has 4 nitrogen and oxygen atoms in total. The molecule has 0 spiro atoms. The van der Waals surface area contributed by atoms with E-state index in [9.17, 15) is 9.18 Å². The fraction of sp³-hybridized carbons (Fsp3) is 0.471. The number of nitrogens with two attached hydrogens (primary N) is 1. The molecule has 0 aliphatic carbocycles. The molecule has 1 aliphatic heterocycles. The SMILES string of the molecule is NC[C@@H]1CCCN(CCn2c(=O)ccc3ccc(F)cc32)C1. The number of aromatic nitrogens is 1. The van der Waals surface area contributed by atoms with Crippen LogP contribution in [0.4, 0.5) is 4.39 Å². The van der Waals surface area contributed by atoms with Crippen LogP contribution in [-0.4, -0.2) is 35.6 Å². The Labute approximate surface area is 129 Å². The monoisotopic (exact) mass is 303 g/mol. The van der Waals surface area contributed by atoms with Crippen LogP contribution in [0.25, 0.3) is 10.9 Å². The number of fused-ring (bicyclic) bond motifs is 1. The van der Waals surface area contributed by atoms with Crippen LogP contribution in [0.1, 0.15) is 12.8 Å². The van der Waals surface area contributed by atoms with Gasteiger partial charge in [0.15, 0.2) is 0 Å². The largest absolute Gasteiger partial charge is 0.330 e. The Kier molecular flexibility index (Phi) is 4.55. The van der Waals surface area contributed by atoms with E-state index in [2.05, 4.69) is 4.90 Å². The highest BCUT2D eigenvalue weighted by atomic mass is 19.1. The minimum atomic E-state index is -0.312. The number of benzene rings is 1. The van der Waals surface area contributed by atoms with Crippen LogP contribution >= 0.6 is 0 Å². The zero-order valence-corrected chi connectivity index (χ0v) is 12.7. The predicted octanol–water partition coefficient (Wildman–Crippen LogP) is 1.81. The Hall–Kier alpha value is -1.72. The van der Waals surface area contributed by atoms with Gasteiger partial charge in [-0.15, -0.1) is 0 Å². The maximum atomic E-state index is 13.5. The van der Waals surface area contributed by atoms with Crippen molar-refractivity contribution in [3.8, 4) is 0 Å². The number of halogens is 1. The van der Waals surface area contributed by atoms with Crippen molar-refractivity contribution in [2.24, 2.45) is 11.7 Å². The molecule has 5 heteroatoms. The van der Waals surface area contributed by atoms with Gasteiger partial charge in [-0.1, -0.05) is 0 Å². The topological polar surface area (TPSA) is 51.3 Å². The lowest BCUT2D eigenvalue weighted by molar-refractivity contribution is 0.173. The van der Waals surface area contributed by atoms with Crippen molar-refractivity contribution in [1.29, 1.82) is 0 Å². The summed E-state index contributed by atoms with van der Waals surface area (Å²) in [6, 6.07) is 7.88. The standard InChI is InChI=1S/C17H22FN3O/c18-15-5-3-14-4-6-17(22)21(16(14)10-15)9-8-20-7-1-2-13(11-19)12-20/h3-6,10,13H,1-2,7-9,11-12,19H2/t13-/m0/s1. The van der Waals surface area contributed by atoms with E-state index in [1.165, 1.54) is 18.6 Å². The van der Waals surface area contributed by atoms with Crippen molar-refractivity contribution in [3.05, 3.63) is 46.5 Å². The van der Waals surface area contributed by atoms with Crippen molar-refractivity contribution in [2.45, 2.75) is 19.4 Å². The molecule has 1 aliphatic rings. The Morgan fingerprint density at radius 2 is 2.05 bits per heavy atom. The highest BCUT2D eigenvalue weighted by Gasteiger charge is 2.18. The molecule has 2 heterocycles. The molecular formula is C17H22FN3O. The van der Waals surface area contributed by atoms with Crippen LogP contribution in [-0.2, 0) is 6.54 Å². The first-order valence-electron chi connectivity index (χ1n) is 7.89. The van der Waals surface area contributed by atoms with Gasteiger partial charge in [-0.05, 0) is 61.5 Å². The van der Waals surface area contributed by atoms with E-state index in [-0.39, 0.29) is 11.4 Å². The number of nitrogens with zero attached hydrogens (tertiary/aromatic N) is 2. The van der Waals surface area contributed by atoms with E-state index < -0.39 is 0 Å². The molecule has 1 fully saturated rings. The van der Waals surface area contributed by atoms with Crippen molar-refractivity contribution in [3.63, 3.8) is 0 Å². The third-order valence-electron chi connectivity index (χ3n) is 4.53. The van der Waals surface area contributed by atoms with Gasteiger partial charge in [0.2, 0.25) is 0 Å². The van der Waals surface area contributed by atoms with E-state index in [4.69, 9.17) is 5.73 Å². The summed E-state index contributed by atoms with van der Waals surface area (Å²) in [4.78, 5) is 14.5. The fourth-order valence-corrected chi connectivity index (χ4v) is 3.28. The minimum absolute atomic E-state index is 0.0783. The van der Waals surface area contributed by atoms with Crippen LogP contribution < -0.4 is 11.3 Å². The second-order valence-corrected chi connectivity index (χ2v) is 6.07. The number of hydrogen-bond donors (Lipinski definition) is 1. The molecule has 1 saturated heterocycles. The predicted molar refractivity (Wildman–Crippen MR) is 86.4 cm³/mol. The van der Waals surface area contributed by atoms with Crippen molar-refractivity contribution in [1.82, 2.24) is 9.47 Å². The molecule has 3 rings (SSSR count). The summed E-state index contributed by atoms with van der Waals surface area (Å²) in [6.07, 6.45) is 2.34. The average Bonchev–Trinajstić information content (AvgIpc) is 2.54. The second kappa shape index (κ2) is 6.58. The highest BCUT2D eigenvalue weighted by Crippen LogP contribution is 2.16. The summed E-state index contributed by atoms with van der Waals surface area (Å²) in [7, 11) is 0. The quantitative estimate of drug-likeness (QED) is 0.937. The van der Waals surface area contributed by atoms with Gasteiger partial charge in [-0.2, -0.15) is 0 Å². The Morgan fingerprint density at radius 3 is 2.86 bits per heavy atom. The number of likely N-dealkylation sites (tertiary alicyclic amines) is 1. The lowest BCUT2D eigenvalue weighted by atomic mass is 9.98. The third-order valence-corrected chi connectivity index (χ3v) is 4.53. The zero-order chi connectivity index (χ0) is 15.5. The molecule has 1 atom stereocenters. The Morgan fingerprint density at radius 1 is 1.23 bits per heavy atom. The van der Waals surface area contributed by atoms with Gasteiger partial charge >= 0.3 is 0 Å². The molecule has 2 N–H and O–H groups in total. The van der Waals surface area contributed by atoms with Gasteiger partial charge in [0.25, 0.3) is 5.56 Å².